The number of hydrogen-bond donors (Lipinski definition) is 1. The Hall–Kier alpha value is -2.87. The lowest BCUT2D eigenvalue weighted by Gasteiger charge is -2.36. The largest absolute Gasteiger partial charge is 0.497 e. The van der Waals surface area contributed by atoms with E-state index in [1.54, 1.807) is 23.9 Å². The monoisotopic (exact) mass is 521 g/mol. The lowest BCUT2D eigenvalue weighted by Crippen LogP contribution is -2.50. The highest BCUT2D eigenvalue weighted by molar-refractivity contribution is 6.91. The van der Waals surface area contributed by atoms with E-state index in [1.807, 2.05) is 30.3 Å². The number of ether oxygens (including phenoxy) is 3. The van der Waals surface area contributed by atoms with Crippen molar-refractivity contribution in [2.45, 2.75) is 57.0 Å². The summed E-state index contributed by atoms with van der Waals surface area (Å²) in [5.41, 5.74) is 2.27. The van der Waals surface area contributed by atoms with Gasteiger partial charge >= 0.3 is 0 Å². The van der Waals surface area contributed by atoms with Crippen LogP contribution in [0.4, 0.5) is 0 Å². The maximum Gasteiger partial charge on any atom is 0.297 e. The fraction of sp³-hybridized carbons (Fsp3) is 0.433. The topological polar surface area (TPSA) is 69.9 Å². The van der Waals surface area contributed by atoms with Crippen molar-refractivity contribution in [1.82, 2.24) is 4.57 Å². The van der Waals surface area contributed by atoms with Crippen LogP contribution in [0, 0.1) is 5.92 Å². The van der Waals surface area contributed by atoms with Crippen LogP contribution in [0.15, 0.2) is 71.7 Å². The Balaban J connectivity index is 1.47. The Morgan fingerprint density at radius 1 is 0.946 bits per heavy atom. The minimum absolute atomic E-state index is 0.0658. The fourth-order valence-corrected chi connectivity index (χ4v) is 10.1. The molecule has 1 aliphatic heterocycles. The summed E-state index contributed by atoms with van der Waals surface area (Å²) < 4.78 is 18.8. The van der Waals surface area contributed by atoms with Crippen molar-refractivity contribution in [3.05, 3.63) is 82.8 Å². The standard InChI is InChI=1S/C30H39NO5Si/c1-21-26(17-10-22-8-11-23(12-9-22)31-19-6-7-28(35-3)30(31)33)36-27(18-20-32)29(21)37(4,5)25-15-13-24(34-2)14-16-25/h6-9,11-16,19,21,26-27,29,32H,10,17-18,20H2,1-5H3/t21-,26+,27-,29+/m1/s1. The van der Waals surface area contributed by atoms with Crippen LogP contribution in [0.3, 0.4) is 0 Å². The third-order valence-electron chi connectivity index (χ3n) is 8.05. The number of aliphatic hydroxyl groups is 1. The number of benzene rings is 2. The van der Waals surface area contributed by atoms with Crippen LogP contribution >= 0.6 is 0 Å². The SMILES string of the molecule is COc1ccc([Si](C)(C)[C@H]2[C@H](C)[C@H](CCc3ccc(-n4cccc(OC)c4=O)cc3)O[C@@H]2CCO)cc1. The maximum absolute atomic E-state index is 12.6. The van der Waals surface area contributed by atoms with E-state index in [4.69, 9.17) is 14.2 Å². The van der Waals surface area contributed by atoms with E-state index in [9.17, 15) is 9.90 Å². The molecule has 4 atom stereocenters. The van der Waals surface area contributed by atoms with E-state index in [1.165, 1.54) is 17.9 Å². The lowest BCUT2D eigenvalue weighted by atomic mass is 9.95. The first-order chi connectivity index (χ1) is 17.8. The van der Waals surface area contributed by atoms with Crippen molar-refractivity contribution in [3.63, 3.8) is 0 Å². The molecule has 1 fully saturated rings. The molecular formula is C30H39NO5Si. The molecule has 0 saturated carbocycles. The molecule has 2 heterocycles. The molecule has 7 heteroatoms. The minimum atomic E-state index is -1.89. The maximum atomic E-state index is 12.6. The molecular weight excluding hydrogens is 482 g/mol. The molecule has 0 radical (unpaired) electrons. The van der Waals surface area contributed by atoms with Gasteiger partial charge in [-0.3, -0.25) is 9.36 Å². The number of pyridine rings is 1. The van der Waals surface area contributed by atoms with Crippen LogP contribution in [0.2, 0.25) is 18.6 Å². The van der Waals surface area contributed by atoms with Gasteiger partial charge in [0.25, 0.3) is 5.56 Å². The second kappa shape index (κ2) is 11.7. The van der Waals surface area contributed by atoms with Gasteiger partial charge in [0.15, 0.2) is 5.75 Å². The normalized spacial score (nSPS) is 21.7. The first-order valence-corrected chi connectivity index (χ1v) is 16.1. The van der Waals surface area contributed by atoms with Gasteiger partial charge in [-0.1, -0.05) is 49.5 Å². The summed E-state index contributed by atoms with van der Waals surface area (Å²) in [6, 6.07) is 20.1. The third-order valence-corrected chi connectivity index (χ3v) is 12.4. The second-order valence-electron chi connectivity index (χ2n) is 10.5. The Kier molecular flexibility index (Phi) is 8.57. The van der Waals surface area contributed by atoms with E-state index < -0.39 is 8.07 Å². The smallest absolute Gasteiger partial charge is 0.297 e. The molecule has 0 aliphatic carbocycles. The highest BCUT2D eigenvalue weighted by Gasteiger charge is 2.50. The molecule has 37 heavy (non-hydrogen) atoms. The average Bonchev–Trinajstić information content (AvgIpc) is 3.23. The van der Waals surface area contributed by atoms with Gasteiger partial charge in [-0.25, -0.2) is 0 Å². The summed E-state index contributed by atoms with van der Waals surface area (Å²) in [4.78, 5) is 12.6. The van der Waals surface area contributed by atoms with Crippen LogP contribution in [-0.2, 0) is 11.2 Å². The molecule has 2 aromatic carbocycles. The molecule has 0 amide bonds. The minimum Gasteiger partial charge on any atom is -0.497 e. The van der Waals surface area contributed by atoms with Crippen molar-refractivity contribution >= 4 is 13.3 Å². The molecule has 0 bridgehead atoms. The Bertz CT molecular complexity index is 1220. The number of nitrogens with zero attached hydrogens (tertiary/aromatic N) is 1. The zero-order valence-electron chi connectivity index (χ0n) is 22.5. The van der Waals surface area contributed by atoms with Gasteiger partial charge in [0.2, 0.25) is 0 Å². The van der Waals surface area contributed by atoms with E-state index in [2.05, 4.69) is 44.3 Å². The molecule has 0 spiro atoms. The quantitative estimate of drug-likeness (QED) is 0.396. The third kappa shape index (κ3) is 5.69. The average molecular weight is 522 g/mol. The zero-order valence-corrected chi connectivity index (χ0v) is 23.5. The molecule has 3 aromatic rings. The Labute approximate surface area is 220 Å². The van der Waals surface area contributed by atoms with Gasteiger partial charge in [0, 0.05) is 18.5 Å². The molecule has 1 aliphatic rings. The summed E-state index contributed by atoms with van der Waals surface area (Å²) in [6.45, 7) is 7.30. The Morgan fingerprint density at radius 2 is 1.65 bits per heavy atom. The van der Waals surface area contributed by atoms with E-state index in [0.717, 1.165) is 24.3 Å². The number of aliphatic hydroxyl groups excluding tert-OH is 1. The van der Waals surface area contributed by atoms with Gasteiger partial charge in [0.05, 0.1) is 34.5 Å². The number of aromatic nitrogens is 1. The second-order valence-corrected chi connectivity index (χ2v) is 15.2. The summed E-state index contributed by atoms with van der Waals surface area (Å²) in [6.07, 6.45) is 4.45. The number of aryl methyl sites for hydroxylation is 1. The fourth-order valence-electron chi connectivity index (χ4n) is 6.01. The number of methoxy groups -OCH3 is 2. The molecule has 1 aromatic heterocycles. The molecule has 198 valence electrons. The molecule has 0 unspecified atom stereocenters. The highest BCUT2D eigenvalue weighted by Crippen LogP contribution is 2.46. The van der Waals surface area contributed by atoms with E-state index >= 15 is 0 Å². The van der Waals surface area contributed by atoms with Crippen molar-refractivity contribution < 1.29 is 19.3 Å². The molecule has 1 saturated heterocycles. The molecule has 1 N–H and O–H groups in total. The highest BCUT2D eigenvalue weighted by atomic mass is 28.3. The van der Waals surface area contributed by atoms with Crippen LogP contribution < -0.4 is 20.2 Å². The first kappa shape index (κ1) is 27.2. The van der Waals surface area contributed by atoms with Crippen molar-refractivity contribution in [3.8, 4) is 17.2 Å². The van der Waals surface area contributed by atoms with Gasteiger partial charge < -0.3 is 19.3 Å². The number of rotatable bonds is 10. The number of hydrogen-bond acceptors (Lipinski definition) is 5. The molecule has 6 nitrogen and oxygen atoms in total. The van der Waals surface area contributed by atoms with E-state index in [-0.39, 0.29) is 24.4 Å². The van der Waals surface area contributed by atoms with Gasteiger partial charge in [-0.2, -0.15) is 0 Å². The van der Waals surface area contributed by atoms with Gasteiger partial charge in [-0.15, -0.1) is 0 Å². The van der Waals surface area contributed by atoms with Crippen molar-refractivity contribution in [2.75, 3.05) is 20.8 Å². The van der Waals surface area contributed by atoms with E-state index in [0.29, 0.717) is 23.6 Å². The first-order valence-electron chi connectivity index (χ1n) is 13.1. The zero-order chi connectivity index (χ0) is 26.6. The lowest BCUT2D eigenvalue weighted by molar-refractivity contribution is 0.0196. The van der Waals surface area contributed by atoms with Crippen LogP contribution in [-0.4, -0.2) is 50.8 Å². The van der Waals surface area contributed by atoms with Crippen LogP contribution in [0.25, 0.3) is 5.69 Å². The summed E-state index contributed by atoms with van der Waals surface area (Å²) >= 11 is 0. The van der Waals surface area contributed by atoms with Crippen molar-refractivity contribution in [1.29, 1.82) is 0 Å². The summed E-state index contributed by atoms with van der Waals surface area (Å²) in [5, 5.41) is 11.2. The van der Waals surface area contributed by atoms with Crippen molar-refractivity contribution in [2.24, 2.45) is 5.92 Å². The Morgan fingerprint density at radius 3 is 2.27 bits per heavy atom. The van der Waals surface area contributed by atoms with Gasteiger partial charge in [0.1, 0.15) is 5.75 Å². The predicted octanol–water partition coefficient (Wildman–Crippen LogP) is 4.56. The molecule has 4 rings (SSSR count). The summed E-state index contributed by atoms with van der Waals surface area (Å²) in [5.74, 6) is 1.60. The predicted molar refractivity (Wildman–Crippen MR) is 150 cm³/mol. The van der Waals surface area contributed by atoms with Crippen LogP contribution in [0.1, 0.15) is 25.3 Å². The van der Waals surface area contributed by atoms with Gasteiger partial charge in [-0.05, 0) is 72.7 Å². The summed E-state index contributed by atoms with van der Waals surface area (Å²) in [7, 11) is 1.31. The van der Waals surface area contributed by atoms with Crippen LogP contribution in [0.5, 0.6) is 11.5 Å².